The molecule has 0 aliphatic rings. The van der Waals surface area contributed by atoms with Crippen LogP contribution in [0.4, 0.5) is 0 Å². The van der Waals surface area contributed by atoms with Crippen LogP contribution in [0.15, 0.2) is 78.4 Å². The Morgan fingerprint density at radius 3 is 2.34 bits per heavy atom. The number of hydrogen-bond acceptors (Lipinski definition) is 5. The van der Waals surface area contributed by atoms with E-state index in [9.17, 15) is 15.2 Å². The first-order chi connectivity index (χ1) is 15.6. The summed E-state index contributed by atoms with van der Waals surface area (Å²) in [6, 6.07) is 24.9. The van der Waals surface area contributed by atoms with E-state index in [-0.39, 0.29) is 11.3 Å². The molecule has 0 aromatic heterocycles. The van der Waals surface area contributed by atoms with E-state index in [4.69, 9.17) is 4.74 Å². The van der Waals surface area contributed by atoms with Crippen LogP contribution in [-0.4, -0.2) is 18.1 Å². The number of ether oxygens (including phenoxy) is 1. The molecule has 6 heteroatoms. The van der Waals surface area contributed by atoms with Gasteiger partial charge in [-0.2, -0.15) is 17.0 Å². The van der Waals surface area contributed by atoms with Gasteiger partial charge < -0.3 is 15.2 Å². The van der Waals surface area contributed by atoms with Gasteiger partial charge in [0.15, 0.2) is 11.5 Å². The number of rotatable bonds is 9. The van der Waals surface area contributed by atoms with Crippen LogP contribution in [0.1, 0.15) is 22.3 Å². The van der Waals surface area contributed by atoms with Crippen LogP contribution in [0.5, 0.6) is 11.5 Å². The molecule has 5 nitrogen and oxygen atoms in total. The van der Waals surface area contributed by atoms with Crippen molar-refractivity contribution in [2.24, 2.45) is 0 Å². The Balaban J connectivity index is 1.74. The summed E-state index contributed by atoms with van der Waals surface area (Å²) in [6.45, 7) is 0.332. The van der Waals surface area contributed by atoms with Crippen molar-refractivity contribution in [3.63, 3.8) is 0 Å². The van der Waals surface area contributed by atoms with Crippen LogP contribution in [-0.2, 0) is 22.8 Å². The van der Waals surface area contributed by atoms with E-state index in [2.05, 4.69) is 17.4 Å². The van der Waals surface area contributed by atoms with E-state index in [1.807, 2.05) is 54.6 Å². The van der Waals surface area contributed by atoms with Crippen molar-refractivity contribution in [3.05, 3.63) is 101 Å². The molecule has 3 aromatic rings. The minimum Gasteiger partial charge on any atom is -0.504 e. The maximum absolute atomic E-state index is 12.5. The van der Waals surface area contributed by atoms with Crippen molar-refractivity contribution in [1.29, 1.82) is 5.26 Å². The molecule has 0 atom stereocenters. The van der Waals surface area contributed by atoms with E-state index in [1.54, 1.807) is 23.9 Å². The van der Waals surface area contributed by atoms with Gasteiger partial charge in [0.25, 0.3) is 5.91 Å². The monoisotopic (exact) mass is 444 g/mol. The number of benzene rings is 3. The van der Waals surface area contributed by atoms with Crippen molar-refractivity contribution < 1.29 is 14.6 Å². The first kappa shape index (κ1) is 23.0. The summed E-state index contributed by atoms with van der Waals surface area (Å²) >= 11 is 1.66. The van der Waals surface area contributed by atoms with Crippen LogP contribution in [0, 0.1) is 11.3 Å². The highest BCUT2D eigenvalue weighted by atomic mass is 32.2. The molecule has 0 fully saturated rings. The molecular weight excluding hydrogens is 420 g/mol. The summed E-state index contributed by atoms with van der Waals surface area (Å²) in [5, 5.41) is 22.8. The number of phenolic OH excluding ortho intramolecular Hbond substituents is 1. The number of amides is 1. The van der Waals surface area contributed by atoms with Gasteiger partial charge in [-0.3, -0.25) is 4.79 Å². The quantitative estimate of drug-likeness (QED) is 0.356. The van der Waals surface area contributed by atoms with Gasteiger partial charge in [0.1, 0.15) is 11.6 Å². The largest absolute Gasteiger partial charge is 0.504 e. The predicted molar refractivity (Wildman–Crippen MR) is 128 cm³/mol. The second-order valence-corrected chi connectivity index (χ2v) is 8.03. The van der Waals surface area contributed by atoms with Crippen LogP contribution in [0.2, 0.25) is 0 Å². The fourth-order valence-electron chi connectivity index (χ4n) is 3.08. The van der Waals surface area contributed by atoms with Crippen molar-refractivity contribution in [2.75, 3.05) is 7.11 Å². The SMILES string of the molecule is COc1cc(/C=C(/C#N)C(=O)NCc2ccccc2)cc(CSCc2ccccc2)c1O. The van der Waals surface area contributed by atoms with Crippen molar-refractivity contribution in [1.82, 2.24) is 5.32 Å². The van der Waals surface area contributed by atoms with Crippen molar-refractivity contribution in [2.45, 2.75) is 18.1 Å². The predicted octanol–water partition coefficient (Wildman–Crippen LogP) is 5.06. The van der Waals surface area contributed by atoms with Gasteiger partial charge in [-0.05, 0) is 34.9 Å². The second kappa shape index (κ2) is 11.6. The average molecular weight is 445 g/mol. The number of nitriles is 1. The normalized spacial score (nSPS) is 10.9. The van der Waals surface area contributed by atoms with Crippen LogP contribution in [0.25, 0.3) is 6.08 Å². The Kier molecular flexibility index (Phi) is 8.36. The zero-order chi connectivity index (χ0) is 22.8. The zero-order valence-electron chi connectivity index (χ0n) is 17.7. The number of methoxy groups -OCH3 is 1. The van der Waals surface area contributed by atoms with Gasteiger partial charge >= 0.3 is 0 Å². The molecule has 0 saturated heterocycles. The average Bonchev–Trinajstić information content (AvgIpc) is 2.83. The van der Waals surface area contributed by atoms with E-state index in [1.165, 1.54) is 18.7 Å². The summed E-state index contributed by atoms with van der Waals surface area (Å²) in [5.41, 5.74) is 3.42. The van der Waals surface area contributed by atoms with Gasteiger partial charge in [0, 0.05) is 23.6 Å². The number of carbonyl (C=O) groups excluding carboxylic acids is 1. The number of thioether (sulfide) groups is 1. The first-order valence-electron chi connectivity index (χ1n) is 10.1. The molecule has 0 aliphatic carbocycles. The third kappa shape index (κ3) is 6.40. The molecule has 0 spiro atoms. The van der Waals surface area contributed by atoms with E-state index >= 15 is 0 Å². The number of aromatic hydroxyl groups is 1. The van der Waals surface area contributed by atoms with Gasteiger partial charge in [-0.1, -0.05) is 60.7 Å². The topological polar surface area (TPSA) is 82.3 Å². The maximum Gasteiger partial charge on any atom is 0.262 e. The molecule has 0 heterocycles. The molecule has 3 aromatic carbocycles. The minimum atomic E-state index is -0.455. The van der Waals surface area contributed by atoms with E-state index in [0.29, 0.717) is 29.2 Å². The number of phenols is 1. The standard InChI is InChI=1S/C26H24N2O3S/c1-31-24-14-21(12-22(15-27)26(30)28-16-19-8-4-2-5-9-19)13-23(25(24)29)18-32-17-20-10-6-3-7-11-20/h2-14,29H,16-18H2,1H3,(H,28,30)/b22-12-. The smallest absolute Gasteiger partial charge is 0.262 e. The van der Waals surface area contributed by atoms with Gasteiger partial charge in [-0.15, -0.1) is 0 Å². The lowest BCUT2D eigenvalue weighted by Gasteiger charge is -2.11. The Hall–Kier alpha value is -3.69. The van der Waals surface area contributed by atoms with E-state index < -0.39 is 5.91 Å². The molecule has 0 radical (unpaired) electrons. The Bertz CT molecular complexity index is 1120. The molecule has 3 rings (SSSR count). The van der Waals surface area contributed by atoms with Crippen molar-refractivity contribution >= 4 is 23.7 Å². The number of hydrogen-bond donors (Lipinski definition) is 2. The first-order valence-corrected chi connectivity index (χ1v) is 11.2. The number of carbonyl (C=O) groups is 1. The van der Waals surface area contributed by atoms with Crippen molar-refractivity contribution in [3.8, 4) is 17.6 Å². The second-order valence-electron chi connectivity index (χ2n) is 7.05. The Labute approximate surface area is 192 Å². The molecule has 162 valence electrons. The molecular formula is C26H24N2O3S. The molecule has 0 unspecified atom stereocenters. The Morgan fingerprint density at radius 2 is 1.72 bits per heavy atom. The highest BCUT2D eigenvalue weighted by Gasteiger charge is 2.13. The maximum atomic E-state index is 12.5. The van der Waals surface area contributed by atoms with E-state index in [0.717, 1.165) is 11.3 Å². The lowest BCUT2D eigenvalue weighted by Crippen LogP contribution is -2.23. The fraction of sp³-hybridized carbons (Fsp3) is 0.154. The third-order valence-electron chi connectivity index (χ3n) is 4.74. The van der Waals surface area contributed by atoms with Gasteiger partial charge in [-0.25, -0.2) is 0 Å². The molecule has 0 aliphatic heterocycles. The van der Waals surface area contributed by atoms with Gasteiger partial charge in [0.2, 0.25) is 0 Å². The molecule has 1 amide bonds. The molecule has 32 heavy (non-hydrogen) atoms. The van der Waals surface area contributed by atoms with Crippen LogP contribution in [0.3, 0.4) is 0 Å². The lowest BCUT2D eigenvalue weighted by molar-refractivity contribution is -0.117. The number of nitrogens with zero attached hydrogens (tertiary/aromatic N) is 1. The Morgan fingerprint density at radius 1 is 1.06 bits per heavy atom. The van der Waals surface area contributed by atoms with Crippen LogP contribution < -0.4 is 10.1 Å². The third-order valence-corrected chi connectivity index (χ3v) is 5.79. The highest BCUT2D eigenvalue weighted by molar-refractivity contribution is 7.97. The molecule has 0 saturated carbocycles. The summed E-state index contributed by atoms with van der Waals surface area (Å²) in [6.07, 6.45) is 1.51. The summed E-state index contributed by atoms with van der Waals surface area (Å²) in [5.74, 6) is 1.27. The number of nitrogens with one attached hydrogen (secondary N) is 1. The van der Waals surface area contributed by atoms with Crippen LogP contribution >= 0.6 is 11.8 Å². The minimum absolute atomic E-state index is 0.0171. The highest BCUT2D eigenvalue weighted by Crippen LogP contribution is 2.35. The lowest BCUT2D eigenvalue weighted by atomic mass is 10.1. The zero-order valence-corrected chi connectivity index (χ0v) is 18.6. The summed E-state index contributed by atoms with van der Waals surface area (Å²) in [4.78, 5) is 12.5. The summed E-state index contributed by atoms with van der Waals surface area (Å²) in [7, 11) is 1.47. The summed E-state index contributed by atoms with van der Waals surface area (Å²) < 4.78 is 5.30. The van der Waals surface area contributed by atoms with Gasteiger partial charge in [0.05, 0.1) is 7.11 Å². The fourth-order valence-corrected chi connectivity index (χ4v) is 4.05. The molecule has 0 bridgehead atoms. The molecule has 2 N–H and O–H groups in total.